The summed E-state index contributed by atoms with van der Waals surface area (Å²) >= 11 is 0. The number of hydrogen-bond donors (Lipinski definition) is 0. The predicted octanol–water partition coefficient (Wildman–Crippen LogP) is 3.74. The van der Waals surface area contributed by atoms with E-state index in [9.17, 15) is 0 Å². The molecule has 1 saturated carbocycles. The van der Waals surface area contributed by atoms with Gasteiger partial charge in [0, 0.05) is 30.7 Å². The lowest BCUT2D eigenvalue weighted by Crippen LogP contribution is -2.28. The van der Waals surface area contributed by atoms with Crippen LogP contribution < -0.4 is 0 Å². The molecule has 4 rings (SSSR count). The molecule has 2 aromatic heterocycles. The second-order valence-corrected chi connectivity index (χ2v) is 7.20. The van der Waals surface area contributed by atoms with Gasteiger partial charge in [-0.25, -0.2) is 9.97 Å². The van der Waals surface area contributed by atoms with Gasteiger partial charge in [0.25, 0.3) is 0 Å². The van der Waals surface area contributed by atoms with Gasteiger partial charge in [0.05, 0.1) is 0 Å². The highest BCUT2D eigenvalue weighted by atomic mass is 15.2. The first kappa shape index (κ1) is 14.2. The standard InChI is InChI=1S/C18H26N4/c1-13(2)21-11-9-14(12-21)17-20-16-8-5-10-19-18(16)22(17)15-6-3-4-7-15/h5,8,10,13-15H,3-4,6-7,9,11-12H2,1-2H3. The molecule has 0 spiro atoms. The van der Waals surface area contributed by atoms with Gasteiger partial charge >= 0.3 is 0 Å². The number of fused-ring (bicyclic) bond motifs is 1. The Morgan fingerprint density at radius 3 is 2.73 bits per heavy atom. The Balaban J connectivity index is 1.75. The Labute approximate surface area is 132 Å². The molecule has 0 N–H and O–H groups in total. The highest BCUT2D eigenvalue weighted by molar-refractivity contribution is 5.71. The zero-order chi connectivity index (χ0) is 15.1. The van der Waals surface area contributed by atoms with E-state index in [0.29, 0.717) is 18.0 Å². The summed E-state index contributed by atoms with van der Waals surface area (Å²) in [6, 6.07) is 5.37. The van der Waals surface area contributed by atoms with Gasteiger partial charge in [-0.1, -0.05) is 12.8 Å². The van der Waals surface area contributed by atoms with E-state index in [2.05, 4.69) is 34.4 Å². The van der Waals surface area contributed by atoms with E-state index in [4.69, 9.17) is 4.98 Å². The Kier molecular flexibility index (Phi) is 3.65. The minimum absolute atomic E-state index is 0.567. The van der Waals surface area contributed by atoms with Crippen molar-refractivity contribution in [3.8, 4) is 0 Å². The van der Waals surface area contributed by atoms with E-state index in [1.807, 2.05) is 12.3 Å². The lowest BCUT2D eigenvalue weighted by molar-refractivity contribution is 0.271. The third-order valence-electron chi connectivity index (χ3n) is 5.48. The molecule has 0 bridgehead atoms. The number of pyridine rings is 1. The third kappa shape index (κ3) is 2.34. The van der Waals surface area contributed by atoms with Gasteiger partial charge in [0.1, 0.15) is 11.3 Å². The summed E-state index contributed by atoms with van der Waals surface area (Å²) in [7, 11) is 0. The van der Waals surface area contributed by atoms with E-state index in [0.717, 1.165) is 17.7 Å². The van der Waals surface area contributed by atoms with Crippen LogP contribution in [0.15, 0.2) is 18.3 Å². The first-order valence-electron chi connectivity index (χ1n) is 8.81. The normalized spacial score (nSPS) is 24.0. The highest BCUT2D eigenvalue weighted by Gasteiger charge is 2.32. The van der Waals surface area contributed by atoms with Gasteiger partial charge in [0.2, 0.25) is 0 Å². The fourth-order valence-electron chi connectivity index (χ4n) is 4.22. The molecule has 2 fully saturated rings. The molecule has 3 heterocycles. The lowest BCUT2D eigenvalue weighted by Gasteiger charge is -2.21. The van der Waals surface area contributed by atoms with Crippen molar-refractivity contribution >= 4 is 11.2 Å². The Hall–Kier alpha value is -1.42. The van der Waals surface area contributed by atoms with Crippen molar-refractivity contribution in [3.63, 3.8) is 0 Å². The van der Waals surface area contributed by atoms with Crippen molar-refractivity contribution in [3.05, 3.63) is 24.2 Å². The molecule has 1 aliphatic heterocycles. The van der Waals surface area contributed by atoms with E-state index in [1.54, 1.807) is 0 Å². The van der Waals surface area contributed by atoms with Crippen molar-refractivity contribution in [1.82, 2.24) is 19.4 Å². The summed E-state index contributed by atoms with van der Waals surface area (Å²) in [5.74, 6) is 1.86. The molecular weight excluding hydrogens is 272 g/mol. The molecule has 0 aromatic carbocycles. The summed E-state index contributed by atoms with van der Waals surface area (Å²) in [5, 5.41) is 0. The van der Waals surface area contributed by atoms with Crippen LogP contribution in [0.4, 0.5) is 0 Å². The van der Waals surface area contributed by atoms with Crippen molar-refractivity contribution in [2.45, 2.75) is 64.0 Å². The molecule has 22 heavy (non-hydrogen) atoms. The number of hydrogen-bond acceptors (Lipinski definition) is 3. The van der Waals surface area contributed by atoms with Crippen LogP contribution in [-0.4, -0.2) is 38.6 Å². The third-order valence-corrected chi connectivity index (χ3v) is 5.48. The smallest absolute Gasteiger partial charge is 0.160 e. The Bertz CT molecular complexity index is 654. The summed E-state index contributed by atoms with van der Waals surface area (Å²) in [4.78, 5) is 12.2. The summed E-state index contributed by atoms with van der Waals surface area (Å²) < 4.78 is 2.50. The molecule has 4 heteroatoms. The second-order valence-electron chi connectivity index (χ2n) is 7.20. The van der Waals surface area contributed by atoms with Crippen LogP contribution in [0.2, 0.25) is 0 Å². The van der Waals surface area contributed by atoms with Gasteiger partial charge in [0.15, 0.2) is 5.65 Å². The molecule has 1 aliphatic carbocycles. The maximum atomic E-state index is 5.01. The monoisotopic (exact) mass is 298 g/mol. The largest absolute Gasteiger partial charge is 0.309 e. The van der Waals surface area contributed by atoms with Crippen molar-refractivity contribution in [2.24, 2.45) is 0 Å². The van der Waals surface area contributed by atoms with E-state index >= 15 is 0 Å². The van der Waals surface area contributed by atoms with Gasteiger partial charge in [-0.05, 0) is 51.8 Å². The first-order chi connectivity index (χ1) is 10.7. The van der Waals surface area contributed by atoms with Crippen molar-refractivity contribution < 1.29 is 0 Å². The van der Waals surface area contributed by atoms with Crippen molar-refractivity contribution in [1.29, 1.82) is 0 Å². The summed E-state index contributed by atoms with van der Waals surface area (Å²) in [6.07, 6.45) is 8.41. The van der Waals surface area contributed by atoms with E-state index < -0.39 is 0 Å². The first-order valence-corrected chi connectivity index (χ1v) is 8.81. The maximum absolute atomic E-state index is 5.01. The van der Waals surface area contributed by atoms with Crippen LogP contribution >= 0.6 is 0 Å². The average molecular weight is 298 g/mol. The van der Waals surface area contributed by atoms with Gasteiger partial charge in [-0.15, -0.1) is 0 Å². The van der Waals surface area contributed by atoms with Crippen LogP contribution in [-0.2, 0) is 0 Å². The second kappa shape index (κ2) is 5.65. The number of rotatable bonds is 3. The van der Waals surface area contributed by atoms with E-state index in [1.165, 1.54) is 44.5 Å². The maximum Gasteiger partial charge on any atom is 0.160 e. The van der Waals surface area contributed by atoms with Crippen LogP contribution in [0.25, 0.3) is 11.2 Å². The molecule has 1 unspecified atom stereocenters. The molecule has 1 saturated heterocycles. The molecule has 0 amide bonds. The Morgan fingerprint density at radius 2 is 2.00 bits per heavy atom. The zero-order valence-electron chi connectivity index (χ0n) is 13.7. The number of aromatic nitrogens is 3. The van der Waals surface area contributed by atoms with Crippen LogP contribution in [0.3, 0.4) is 0 Å². The molecule has 2 aliphatic rings. The number of imidazole rings is 1. The van der Waals surface area contributed by atoms with Gasteiger partial charge in [-0.2, -0.15) is 0 Å². The van der Waals surface area contributed by atoms with Gasteiger partial charge in [-0.3, -0.25) is 0 Å². The molecule has 1 atom stereocenters. The van der Waals surface area contributed by atoms with E-state index in [-0.39, 0.29) is 0 Å². The quantitative estimate of drug-likeness (QED) is 0.865. The lowest BCUT2D eigenvalue weighted by atomic mass is 10.1. The minimum Gasteiger partial charge on any atom is -0.309 e. The molecule has 2 aromatic rings. The predicted molar refractivity (Wildman–Crippen MR) is 89.1 cm³/mol. The molecule has 0 radical (unpaired) electrons. The van der Waals surface area contributed by atoms with Gasteiger partial charge < -0.3 is 9.47 Å². The molecular formula is C18H26N4. The SMILES string of the molecule is CC(C)N1CCC(c2nc3cccnc3n2C2CCCC2)C1. The minimum atomic E-state index is 0.567. The molecule has 118 valence electrons. The van der Waals surface area contributed by atoms with Crippen LogP contribution in [0, 0.1) is 0 Å². The summed E-state index contributed by atoms with van der Waals surface area (Å²) in [5.41, 5.74) is 2.18. The fourth-order valence-corrected chi connectivity index (χ4v) is 4.22. The average Bonchev–Trinajstić information content (AvgIpc) is 3.24. The van der Waals surface area contributed by atoms with Crippen LogP contribution in [0.5, 0.6) is 0 Å². The Morgan fingerprint density at radius 1 is 1.18 bits per heavy atom. The topological polar surface area (TPSA) is 34.0 Å². The van der Waals surface area contributed by atoms with Crippen molar-refractivity contribution in [2.75, 3.05) is 13.1 Å². The summed E-state index contributed by atoms with van der Waals surface area (Å²) in [6.45, 7) is 6.94. The number of nitrogens with zero attached hydrogens (tertiary/aromatic N) is 4. The zero-order valence-corrected chi connectivity index (χ0v) is 13.7. The highest BCUT2D eigenvalue weighted by Crippen LogP contribution is 2.37. The fraction of sp³-hybridized carbons (Fsp3) is 0.667. The van der Waals surface area contributed by atoms with Crippen LogP contribution in [0.1, 0.15) is 63.7 Å². The number of likely N-dealkylation sites (tertiary alicyclic amines) is 1. The molecule has 4 nitrogen and oxygen atoms in total.